The minimum atomic E-state index is 0. The number of amides is 1. The van der Waals surface area contributed by atoms with Crippen molar-refractivity contribution in [3.63, 3.8) is 0 Å². The molecule has 6 heteroatoms. The number of carbonyl (C=O) groups is 1. The summed E-state index contributed by atoms with van der Waals surface area (Å²) >= 11 is 1.55. The van der Waals surface area contributed by atoms with E-state index in [-0.39, 0.29) is 18.3 Å². The van der Waals surface area contributed by atoms with Gasteiger partial charge in [-0.25, -0.2) is 4.98 Å². The molecule has 0 bridgehead atoms. The van der Waals surface area contributed by atoms with E-state index in [0.29, 0.717) is 18.9 Å². The van der Waals surface area contributed by atoms with Crippen LogP contribution < -0.4 is 10.6 Å². The Hall–Kier alpha value is -0.650. The zero-order valence-corrected chi connectivity index (χ0v) is 13.0. The van der Waals surface area contributed by atoms with E-state index < -0.39 is 0 Å². The number of thiazole rings is 1. The van der Waals surface area contributed by atoms with Crippen LogP contribution in [-0.4, -0.2) is 24.5 Å². The van der Waals surface area contributed by atoms with E-state index in [0.717, 1.165) is 22.1 Å². The van der Waals surface area contributed by atoms with Crippen LogP contribution in [0.1, 0.15) is 31.0 Å². The van der Waals surface area contributed by atoms with Gasteiger partial charge < -0.3 is 10.6 Å². The summed E-state index contributed by atoms with van der Waals surface area (Å²) < 4.78 is 0. The molecule has 0 saturated carbocycles. The Kier molecular flexibility index (Phi) is 8.15. The molecule has 0 aliphatic carbocycles. The van der Waals surface area contributed by atoms with Crippen LogP contribution in [0.5, 0.6) is 0 Å². The highest BCUT2D eigenvalue weighted by atomic mass is 35.5. The number of hydrogen-bond donors (Lipinski definition) is 2. The highest BCUT2D eigenvalue weighted by molar-refractivity contribution is 7.16. The van der Waals surface area contributed by atoms with Gasteiger partial charge in [-0.15, -0.1) is 23.7 Å². The Morgan fingerprint density at radius 3 is 2.67 bits per heavy atom. The lowest BCUT2D eigenvalue weighted by molar-refractivity contribution is -0.116. The van der Waals surface area contributed by atoms with Crippen molar-refractivity contribution in [3.05, 3.63) is 10.7 Å². The van der Waals surface area contributed by atoms with Gasteiger partial charge in [0.05, 0.1) is 10.7 Å². The molecule has 4 nitrogen and oxygen atoms in total. The van der Waals surface area contributed by atoms with Gasteiger partial charge in [0.25, 0.3) is 0 Å². The van der Waals surface area contributed by atoms with Crippen molar-refractivity contribution in [2.75, 3.05) is 18.9 Å². The summed E-state index contributed by atoms with van der Waals surface area (Å²) in [7, 11) is 1.84. The molecule has 1 heterocycles. The van der Waals surface area contributed by atoms with Crippen LogP contribution in [0.4, 0.5) is 5.00 Å². The van der Waals surface area contributed by atoms with Crippen LogP contribution in [0.25, 0.3) is 0 Å². The summed E-state index contributed by atoms with van der Waals surface area (Å²) in [5, 5.41) is 7.83. The van der Waals surface area contributed by atoms with Crippen LogP contribution >= 0.6 is 23.7 Å². The van der Waals surface area contributed by atoms with Gasteiger partial charge >= 0.3 is 0 Å². The second-order valence-corrected chi connectivity index (χ2v) is 5.71. The van der Waals surface area contributed by atoms with Gasteiger partial charge in [0.1, 0.15) is 5.00 Å². The lowest BCUT2D eigenvalue weighted by Crippen LogP contribution is -2.19. The first kappa shape index (κ1) is 17.4. The third-order valence-electron chi connectivity index (χ3n) is 2.26. The van der Waals surface area contributed by atoms with Crippen LogP contribution in [-0.2, 0) is 11.2 Å². The zero-order chi connectivity index (χ0) is 12.8. The molecule has 1 aromatic rings. The third kappa shape index (κ3) is 5.80. The van der Waals surface area contributed by atoms with E-state index in [1.807, 2.05) is 14.0 Å². The molecule has 0 atom stereocenters. The molecule has 0 fully saturated rings. The maximum absolute atomic E-state index is 11.6. The quantitative estimate of drug-likeness (QED) is 0.847. The predicted molar refractivity (Wildman–Crippen MR) is 79.8 cm³/mol. The second kappa shape index (κ2) is 8.45. The predicted octanol–water partition coefficient (Wildman–Crippen LogP) is 2.62. The average Bonchev–Trinajstić information content (AvgIpc) is 2.55. The van der Waals surface area contributed by atoms with Crippen molar-refractivity contribution in [1.82, 2.24) is 10.3 Å². The van der Waals surface area contributed by atoms with Crippen LogP contribution in [0, 0.1) is 12.8 Å². The largest absolute Gasteiger partial charge is 0.319 e. The normalized spacial score (nSPS) is 10.3. The topological polar surface area (TPSA) is 54.0 Å². The minimum Gasteiger partial charge on any atom is -0.319 e. The minimum absolute atomic E-state index is 0. The number of aromatic nitrogens is 1. The molecule has 1 aromatic heterocycles. The number of nitrogens with one attached hydrogen (secondary N) is 2. The fourth-order valence-electron chi connectivity index (χ4n) is 1.52. The van der Waals surface area contributed by atoms with Gasteiger partial charge in [-0.1, -0.05) is 13.8 Å². The zero-order valence-electron chi connectivity index (χ0n) is 11.4. The molecule has 1 amide bonds. The molecule has 0 saturated heterocycles. The molecular formula is C12H22ClN3OS. The number of aryl methyl sites for hydroxylation is 1. The molecule has 0 unspecified atom stereocenters. The van der Waals surface area contributed by atoms with Gasteiger partial charge in [0.15, 0.2) is 0 Å². The van der Waals surface area contributed by atoms with E-state index >= 15 is 0 Å². The van der Waals surface area contributed by atoms with Gasteiger partial charge in [-0.2, -0.15) is 0 Å². The van der Waals surface area contributed by atoms with Gasteiger partial charge in [-0.3, -0.25) is 4.79 Å². The summed E-state index contributed by atoms with van der Waals surface area (Å²) in [6.07, 6.45) is 1.40. The molecule has 0 radical (unpaired) electrons. The standard InChI is InChI=1S/C12H21N3OS.ClH/c1-8(2)7-10-12(17-9(3)14-10)15-11(16)5-6-13-4;/h8,13H,5-7H2,1-4H3,(H,15,16);1H. The molecule has 0 aliphatic rings. The maximum Gasteiger partial charge on any atom is 0.226 e. The Bertz CT molecular complexity index is 379. The van der Waals surface area contributed by atoms with Crippen LogP contribution in [0.15, 0.2) is 0 Å². The average molecular weight is 292 g/mol. The number of rotatable bonds is 6. The van der Waals surface area contributed by atoms with Crippen molar-refractivity contribution >= 4 is 34.7 Å². The highest BCUT2D eigenvalue weighted by Gasteiger charge is 2.12. The smallest absolute Gasteiger partial charge is 0.226 e. The monoisotopic (exact) mass is 291 g/mol. The van der Waals surface area contributed by atoms with Gasteiger partial charge in [-0.05, 0) is 26.3 Å². The van der Waals surface area contributed by atoms with Gasteiger partial charge in [0.2, 0.25) is 5.91 Å². The van der Waals surface area contributed by atoms with E-state index in [4.69, 9.17) is 0 Å². The highest BCUT2D eigenvalue weighted by Crippen LogP contribution is 2.26. The first-order chi connectivity index (χ1) is 8.02. The molecule has 2 N–H and O–H groups in total. The molecule has 18 heavy (non-hydrogen) atoms. The number of hydrogen-bond acceptors (Lipinski definition) is 4. The van der Waals surface area contributed by atoms with Crippen LogP contribution in [0.2, 0.25) is 0 Å². The Labute approximate surface area is 119 Å². The van der Waals surface area contributed by atoms with Crippen molar-refractivity contribution in [2.45, 2.75) is 33.6 Å². The summed E-state index contributed by atoms with van der Waals surface area (Å²) in [5.74, 6) is 0.595. The fourth-order valence-corrected chi connectivity index (χ4v) is 2.38. The number of carbonyl (C=O) groups excluding carboxylic acids is 1. The van der Waals surface area contributed by atoms with E-state index in [1.165, 1.54) is 0 Å². The summed E-state index contributed by atoms with van der Waals surface area (Å²) in [6, 6.07) is 0. The van der Waals surface area contributed by atoms with Crippen molar-refractivity contribution in [3.8, 4) is 0 Å². The first-order valence-electron chi connectivity index (χ1n) is 5.93. The number of anilines is 1. The number of halogens is 1. The van der Waals surface area contributed by atoms with Crippen LogP contribution in [0.3, 0.4) is 0 Å². The molecular weight excluding hydrogens is 270 g/mol. The Morgan fingerprint density at radius 2 is 2.11 bits per heavy atom. The number of nitrogens with zero attached hydrogens (tertiary/aromatic N) is 1. The van der Waals surface area contributed by atoms with E-state index in [1.54, 1.807) is 11.3 Å². The summed E-state index contributed by atoms with van der Waals surface area (Å²) in [6.45, 7) is 6.98. The summed E-state index contributed by atoms with van der Waals surface area (Å²) in [5.41, 5.74) is 1.01. The molecule has 0 aromatic carbocycles. The fraction of sp³-hybridized carbons (Fsp3) is 0.667. The van der Waals surface area contributed by atoms with Crippen molar-refractivity contribution < 1.29 is 4.79 Å². The lowest BCUT2D eigenvalue weighted by atomic mass is 10.1. The molecule has 0 aliphatic heterocycles. The van der Waals surface area contributed by atoms with Crippen molar-refractivity contribution in [2.24, 2.45) is 5.92 Å². The van der Waals surface area contributed by atoms with E-state index in [2.05, 4.69) is 29.5 Å². The molecule has 1 rings (SSSR count). The third-order valence-corrected chi connectivity index (χ3v) is 3.19. The molecule has 104 valence electrons. The second-order valence-electron chi connectivity index (χ2n) is 4.51. The van der Waals surface area contributed by atoms with E-state index in [9.17, 15) is 4.79 Å². The Balaban J connectivity index is 0.00000289. The Morgan fingerprint density at radius 1 is 1.44 bits per heavy atom. The SMILES string of the molecule is CNCCC(=O)Nc1sc(C)nc1CC(C)C.Cl. The van der Waals surface area contributed by atoms with Crippen molar-refractivity contribution in [1.29, 1.82) is 0 Å². The summed E-state index contributed by atoms with van der Waals surface area (Å²) in [4.78, 5) is 16.1. The maximum atomic E-state index is 11.6. The lowest BCUT2D eigenvalue weighted by Gasteiger charge is -2.06. The van der Waals surface area contributed by atoms with Gasteiger partial charge in [0, 0.05) is 13.0 Å². The first-order valence-corrected chi connectivity index (χ1v) is 6.75. The molecule has 0 spiro atoms.